The maximum atomic E-state index is 11.2. The van der Waals surface area contributed by atoms with Gasteiger partial charge in [0.1, 0.15) is 0 Å². The SMILES string of the molecule is Cc1cc(NS(=O)(=O)CCCl)n[nH]1. The third kappa shape index (κ3) is 3.23. The number of aryl methyl sites for hydroxylation is 1. The summed E-state index contributed by atoms with van der Waals surface area (Å²) in [5.41, 5.74) is 0.795. The Morgan fingerprint density at radius 3 is 2.85 bits per heavy atom. The lowest BCUT2D eigenvalue weighted by molar-refractivity contribution is 0.602. The number of sulfonamides is 1. The largest absolute Gasteiger partial charge is 0.281 e. The van der Waals surface area contributed by atoms with E-state index in [2.05, 4.69) is 14.9 Å². The summed E-state index contributed by atoms with van der Waals surface area (Å²) >= 11 is 5.31. The van der Waals surface area contributed by atoms with Crippen LogP contribution in [0, 0.1) is 6.92 Å². The molecule has 0 aliphatic carbocycles. The first-order valence-corrected chi connectivity index (χ1v) is 5.80. The van der Waals surface area contributed by atoms with Gasteiger partial charge >= 0.3 is 0 Å². The highest BCUT2D eigenvalue weighted by molar-refractivity contribution is 7.92. The fraction of sp³-hybridized carbons (Fsp3) is 0.500. The summed E-state index contributed by atoms with van der Waals surface area (Å²) in [5, 5.41) is 6.35. The van der Waals surface area contributed by atoms with Gasteiger partial charge in [0.25, 0.3) is 0 Å². The number of nitrogens with zero attached hydrogens (tertiary/aromatic N) is 1. The van der Waals surface area contributed by atoms with Gasteiger partial charge in [0.2, 0.25) is 10.0 Å². The monoisotopic (exact) mass is 223 g/mol. The minimum Gasteiger partial charge on any atom is -0.281 e. The van der Waals surface area contributed by atoms with Crippen LogP contribution in [0.15, 0.2) is 6.07 Å². The Labute approximate surface area is 81.5 Å². The molecule has 1 heterocycles. The van der Waals surface area contributed by atoms with Crippen LogP contribution in [-0.2, 0) is 10.0 Å². The lowest BCUT2D eigenvalue weighted by atomic mass is 10.5. The molecule has 0 atom stereocenters. The van der Waals surface area contributed by atoms with Gasteiger partial charge in [-0.25, -0.2) is 8.42 Å². The van der Waals surface area contributed by atoms with Gasteiger partial charge < -0.3 is 0 Å². The highest BCUT2D eigenvalue weighted by Gasteiger charge is 2.10. The Bertz CT molecular complexity index is 373. The molecular weight excluding hydrogens is 214 g/mol. The highest BCUT2D eigenvalue weighted by atomic mass is 35.5. The molecule has 0 fully saturated rings. The van der Waals surface area contributed by atoms with E-state index in [1.54, 1.807) is 13.0 Å². The van der Waals surface area contributed by atoms with Gasteiger partial charge in [-0.15, -0.1) is 11.6 Å². The minimum absolute atomic E-state index is 0.0682. The fourth-order valence-electron chi connectivity index (χ4n) is 0.782. The standard InChI is InChI=1S/C6H10ClN3O2S/c1-5-4-6(9-8-5)10-13(11,12)3-2-7/h4H,2-3H2,1H3,(H2,8,9,10). The molecule has 0 amide bonds. The first kappa shape index (κ1) is 10.3. The second-order valence-corrected chi connectivity index (χ2v) is 4.77. The van der Waals surface area contributed by atoms with Crippen LogP contribution in [0.5, 0.6) is 0 Å². The van der Waals surface area contributed by atoms with Crippen molar-refractivity contribution < 1.29 is 8.42 Å². The normalized spacial score (nSPS) is 11.5. The Morgan fingerprint density at radius 2 is 2.38 bits per heavy atom. The van der Waals surface area contributed by atoms with Crippen LogP contribution in [-0.4, -0.2) is 30.2 Å². The minimum atomic E-state index is -3.34. The van der Waals surface area contributed by atoms with E-state index in [4.69, 9.17) is 11.6 Å². The third-order valence-corrected chi connectivity index (χ3v) is 2.99. The number of nitrogens with one attached hydrogen (secondary N) is 2. The molecule has 0 saturated carbocycles. The molecule has 0 spiro atoms. The average molecular weight is 224 g/mol. The van der Waals surface area contributed by atoms with Crippen LogP contribution in [0.4, 0.5) is 5.82 Å². The predicted molar refractivity (Wildman–Crippen MR) is 51.5 cm³/mol. The van der Waals surface area contributed by atoms with E-state index in [9.17, 15) is 8.42 Å². The molecule has 2 N–H and O–H groups in total. The van der Waals surface area contributed by atoms with Gasteiger partial charge in [-0.2, -0.15) is 5.10 Å². The van der Waals surface area contributed by atoms with Crippen molar-refractivity contribution in [2.45, 2.75) is 6.92 Å². The van der Waals surface area contributed by atoms with Gasteiger partial charge in [0, 0.05) is 17.6 Å². The molecule has 74 valence electrons. The van der Waals surface area contributed by atoms with Crippen molar-refractivity contribution in [3.63, 3.8) is 0 Å². The zero-order valence-corrected chi connectivity index (χ0v) is 8.61. The Kier molecular flexibility index (Phi) is 3.16. The smallest absolute Gasteiger partial charge is 0.235 e. The molecule has 1 aromatic rings. The quantitative estimate of drug-likeness (QED) is 0.738. The number of aromatic nitrogens is 2. The van der Waals surface area contributed by atoms with Gasteiger partial charge in [0.05, 0.1) is 5.75 Å². The molecule has 0 unspecified atom stereocenters. The van der Waals surface area contributed by atoms with E-state index in [1.807, 2.05) is 0 Å². The second-order valence-electron chi connectivity index (χ2n) is 2.55. The first-order chi connectivity index (χ1) is 6.03. The lowest BCUT2D eigenvalue weighted by Gasteiger charge is -2.01. The average Bonchev–Trinajstić information content (AvgIpc) is 2.34. The molecule has 0 aliphatic rings. The predicted octanol–water partition coefficient (Wildman–Crippen LogP) is 0.699. The van der Waals surface area contributed by atoms with Crippen molar-refractivity contribution in [3.05, 3.63) is 11.8 Å². The first-order valence-electron chi connectivity index (χ1n) is 3.62. The number of hydrogen-bond donors (Lipinski definition) is 2. The van der Waals surface area contributed by atoms with Gasteiger partial charge in [-0.3, -0.25) is 9.82 Å². The summed E-state index contributed by atoms with van der Waals surface area (Å²) in [6.45, 7) is 1.78. The number of anilines is 1. The Hall–Kier alpha value is -0.750. The van der Waals surface area contributed by atoms with Crippen molar-refractivity contribution in [2.75, 3.05) is 16.4 Å². The van der Waals surface area contributed by atoms with Crippen molar-refractivity contribution in [1.82, 2.24) is 10.2 Å². The maximum absolute atomic E-state index is 11.2. The molecule has 0 aromatic carbocycles. The van der Waals surface area contributed by atoms with Gasteiger partial charge in [0.15, 0.2) is 5.82 Å². The number of hydrogen-bond acceptors (Lipinski definition) is 3. The topological polar surface area (TPSA) is 74.8 Å². The maximum Gasteiger partial charge on any atom is 0.235 e. The summed E-state index contributed by atoms with van der Waals surface area (Å²) in [6.07, 6.45) is 0. The van der Waals surface area contributed by atoms with Crippen molar-refractivity contribution in [2.24, 2.45) is 0 Å². The lowest BCUT2D eigenvalue weighted by Crippen LogP contribution is -2.17. The summed E-state index contributed by atoms with van der Waals surface area (Å²) < 4.78 is 24.6. The third-order valence-electron chi connectivity index (χ3n) is 1.31. The summed E-state index contributed by atoms with van der Waals surface area (Å²) in [7, 11) is -3.34. The Morgan fingerprint density at radius 1 is 1.69 bits per heavy atom. The molecule has 0 aliphatic heterocycles. The number of aromatic amines is 1. The second kappa shape index (κ2) is 3.97. The number of rotatable bonds is 4. The van der Waals surface area contributed by atoms with E-state index in [1.165, 1.54) is 0 Å². The molecule has 7 heteroatoms. The molecular formula is C6H10ClN3O2S. The van der Waals surface area contributed by atoms with Crippen LogP contribution in [0.1, 0.15) is 5.69 Å². The number of H-pyrrole nitrogens is 1. The summed E-state index contributed by atoms with van der Waals surface area (Å²) in [5.74, 6) is 0.252. The van der Waals surface area contributed by atoms with Gasteiger partial charge in [-0.05, 0) is 6.92 Å². The van der Waals surface area contributed by atoms with E-state index in [0.717, 1.165) is 5.69 Å². The fourth-order valence-corrected chi connectivity index (χ4v) is 2.12. The molecule has 1 rings (SSSR count). The van der Waals surface area contributed by atoms with Crippen molar-refractivity contribution in [1.29, 1.82) is 0 Å². The van der Waals surface area contributed by atoms with Gasteiger partial charge in [-0.1, -0.05) is 0 Å². The van der Waals surface area contributed by atoms with Crippen LogP contribution in [0.3, 0.4) is 0 Å². The zero-order chi connectivity index (χ0) is 9.90. The van der Waals surface area contributed by atoms with E-state index in [0.29, 0.717) is 5.82 Å². The number of halogens is 1. The molecule has 0 radical (unpaired) electrons. The summed E-state index contributed by atoms with van der Waals surface area (Å²) in [4.78, 5) is 0. The van der Waals surface area contributed by atoms with Crippen molar-refractivity contribution in [3.8, 4) is 0 Å². The van der Waals surface area contributed by atoms with Crippen LogP contribution >= 0.6 is 11.6 Å². The van der Waals surface area contributed by atoms with Crippen molar-refractivity contribution >= 4 is 27.4 Å². The molecule has 13 heavy (non-hydrogen) atoms. The zero-order valence-electron chi connectivity index (χ0n) is 7.04. The number of alkyl halides is 1. The Balaban J connectivity index is 2.69. The summed E-state index contributed by atoms with van der Waals surface area (Å²) in [6, 6.07) is 1.60. The van der Waals surface area contributed by atoms with Crippen LogP contribution in [0.25, 0.3) is 0 Å². The van der Waals surface area contributed by atoms with Crippen LogP contribution < -0.4 is 4.72 Å². The molecule has 1 aromatic heterocycles. The molecule has 0 bridgehead atoms. The van der Waals surface area contributed by atoms with E-state index >= 15 is 0 Å². The van der Waals surface area contributed by atoms with E-state index in [-0.39, 0.29) is 11.6 Å². The van der Waals surface area contributed by atoms with E-state index < -0.39 is 10.0 Å². The highest BCUT2D eigenvalue weighted by Crippen LogP contribution is 2.06. The molecule has 0 saturated heterocycles. The molecule has 5 nitrogen and oxygen atoms in total. The van der Waals surface area contributed by atoms with Crippen LogP contribution in [0.2, 0.25) is 0 Å².